The molecule has 29 heavy (non-hydrogen) atoms. The van der Waals surface area contributed by atoms with Crippen LogP contribution in [0.1, 0.15) is 28.6 Å². The highest BCUT2D eigenvalue weighted by atomic mass is 35.5. The van der Waals surface area contributed by atoms with Crippen molar-refractivity contribution in [3.05, 3.63) is 82.1 Å². The Morgan fingerprint density at radius 1 is 1.10 bits per heavy atom. The van der Waals surface area contributed by atoms with Gasteiger partial charge in [0.05, 0.1) is 0 Å². The van der Waals surface area contributed by atoms with E-state index in [9.17, 15) is 14.9 Å². The van der Waals surface area contributed by atoms with Gasteiger partial charge in [-0.2, -0.15) is 5.26 Å². The number of nitriles is 1. The number of benzene rings is 2. The van der Waals surface area contributed by atoms with Crippen molar-refractivity contribution in [2.45, 2.75) is 13.8 Å². The van der Waals surface area contributed by atoms with Crippen LogP contribution in [0.4, 0.5) is 5.69 Å². The summed E-state index contributed by atoms with van der Waals surface area (Å²) in [7, 11) is 0. The molecule has 6 heteroatoms. The Labute approximate surface area is 173 Å². The molecular weight excluding hydrogens is 388 g/mol. The standard InChI is InChI=1S/C23H17ClN2O3/c1-14-3-8-19(12-21(14)24)26-23(28)18(13-25)11-20-9-10-22(29-20)17-6-4-16(5-7-17)15(2)27/h3-12H,1-2H3,(H,26,28)/b18-11-. The average molecular weight is 405 g/mol. The van der Waals surface area contributed by atoms with Gasteiger partial charge < -0.3 is 9.73 Å². The van der Waals surface area contributed by atoms with Gasteiger partial charge in [-0.25, -0.2) is 0 Å². The van der Waals surface area contributed by atoms with Crippen LogP contribution in [0.25, 0.3) is 17.4 Å². The number of ketones is 1. The number of carbonyl (C=O) groups is 2. The number of furan rings is 1. The Morgan fingerprint density at radius 2 is 1.83 bits per heavy atom. The van der Waals surface area contributed by atoms with Gasteiger partial charge in [0.15, 0.2) is 5.78 Å². The average Bonchev–Trinajstić information content (AvgIpc) is 3.17. The zero-order valence-electron chi connectivity index (χ0n) is 15.8. The SMILES string of the molecule is CC(=O)c1ccc(-c2ccc(/C=C(/C#N)C(=O)Nc3ccc(C)c(Cl)c3)o2)cc1. The van der Waals surface area contributed by atoms with Crippen molar-refractivity contribution in [2.24, 2.45) is 0 Å². The molecule has 0 fully saturated rings. The first kappa shape index (κ1) is 20.1. The first-order chi connectivity index (χ1) is 13.9. The van der Waals surface area contributed by atoms with E-state index >= 15 is 0 Å². The molecule has 0 aliphatic carbocycles. The highest BCUT2D eigenvalue weighted by molar-refractivity contribution is 6.31. The van der Waals surface area contributed by atoms with Crippen LogP contribution in [0, 0.1) is 18.3 Å². The van der Waals surface area contributed by atoms with Crippen molar-refractivity contribution < 1.29 is 14.0 Å². The maximum atomic E-state index is 12.4. The quantitative estimate of drug-likeness (QED) is 0.338. The molecule has 2 aromatic carbocycles. The highest BCUT2D eigenvalue weighted by Crippen LogP contribution is 2.25. The van der Waals surface area contributed by atoms with Gasteiger partial charge in [0.25, 0.3) is 5.91 Å². The largest absolute Gasteiger partial charge is 0.457 e. The van der Waals surface area contributed by atoms with Crippen LogP contribution in [-0.2, 0) is 4.79 Å². The molecule has 1 N–H and O–H groups in total. The number of hydrogen-bond donors (Lipinski definition) is 1. The van der Waals surface area contributed by atoms with Crippen LogP contribution in [0.5, 0.6) is 0 Å². The minimum absolute atomic E-state index is 0.0147. The zero-order valence-corrected chi connectivity index (χ0v) is 16.6. The predicted octanol–water partition coefficient (Wildman–Crippen LogP) is 5.66. The fraction of sp³-hybridized carbons (Fsp3) is 0.0870. The minimum atomic E-state index is -0.559. The summed E-state index contributed by atoms with van der Waals surface area (Å²) in [6.07, 6.45) is 1.37. The number of rotatable bonds is 5. The van der Waals surface area contributed by atoms with E-state index in [0.717, 1.165) is 11.1 Å². The van der Waals surface area contributed by atoms with E-state index < -0.39 is 5.91 Å². The number of hydrogen-bond acceptors (Lipinski definition) is 4. The van der Waals surface area contributed by atoms with Gasteiger partial charge in [-0.05, 0) is 43.7 Å². The predicted molar refractivity (Wildman–Crippen MR) is 113 cm³/mol. The van der Waals surface area contributed by atoms with Crippen LogP contribution < -0.4 is 5.32 Å². The van der Waals surface area contributed by atoms with Crippen molar-refractivity contribution >= 4 is 35.1 Å². The van der Waals surface area contributed by atoms with E-state index in [-0.39, 0.29) is 11.4 Å². The van der Waals surface area contributed by atoms with Gasteiger partial charge in [-0.1, -0.05) is 41.9 Å². The molecule has 144 valence electrons. The number of nitrogens with zero attached hydrogens (tertiary/aromatic N) is 1. The second-order valence-electron chi connectivity index (χ2n) is 6.42. The Balaban J connectivity index is 1.78. The van der Waals surface area contributed by atoms with Gasteiger partial charge in [0.1, 0.15) is 23.2 Å². The lowest BCUT2D eigenvalue weighted by molar-refractivity contribution is -0.112. The second-order valence-corrected chi connectivity index (χ2v) is 6.83. The van der Waals surface area contributed by atoms with E-state index in [1.807, 2.05) is 13.0 Å². The molecule has 0 unspecified atom stereocenters. The summed E-state index contributed by atoms with van der Waals surface area (Å²) in [5.74, 6) is 0.356. The summed E-state index contributed by atoms with van der Waals surface area (Å²) in [5.41, 5.74) is 2.68. The monoisotopic (exact) mass is 404 g/mol. The van der Waals surface area contributed by atoms with Gasteiger partial charge >= 0.3 is 0 Å². The van der Waals surface area contributed by atoms with E-state index in [1.54, 1.807) is 54.6 Å². The lowest BCUT2D eigenvalue weighted by atomic mass is 10.1. The molecule has 3 aromatic rings. The third-order valence-electron chi connectivity index (χ3n) is 4.28. The van der Waals surface area contributed by atoms with Crippen LogP contribution in [0.3, 0.4) is 0 Å². The van der Waals surface area contributed by atoms with Crippen molar-refractivity contribution in [3.63, 3.8) is 0 Å². The molecule has 0 radical (unpaired) electrons. The summed E-state index contributed by atoms with van der Waals surface area (Å²) >= 11 is 6.06. The van der Waals surface area contributed by atoms with Crippen molar-refractivity contribution in [1.29, 1.82) is 5.26 Å². The Kier molecular flexibility index (Phi) is 5.96. The number of amides is 1. The molecule has 0 spiro atoms. The molecule has 0 saturated carbocycles. The molecule has 1 amide bonds. The molecule has 1 aromatic heterocycles. The number of halogens is 1. The van der Waals surface area contributed by atoms with Crippen molar-refractivity contribution in [2.75, 3.05) is 5.32 Å². The van der Waals surface area contributed by atoms with Crippen LogP contribution >= 0.6 is 11.6 Å². The number of carbonyl (C=O) groups excluding carboxylic acids is 2. The van der Waals surface area contributed by atoms with Gasteiger partial charge in [0, 0.05) is 27.9 Å². The topological polar surface area (TPSA) is 83.1 Å². The molecule has 0 saturated heterocycles. The summed E-state index contributed by atoms with van der Waals surface area (Å²) < 4.78 is 5.72. The second kappa shape index (κ2) is 8.59. The summed E-state index contributed by atoms with van der Waals surface area (Å²) in [6.45, 7) is 3.36. The number of aryl methyl sites for hydroxylation is 1. The Hall–Kier alpha value is -3.62. The fourth-order valence-electron chi connectivity index (χ4n) is 2.61. The molecule has 0 aliphatic rings. The minimum Gasteiger partial charge on any atom is -0.457 e. The van der Waals surface area contributed by atoms with Crippen molar-refractivity contribution in [1.82, 2.24) is 0 Å². The third kappa shape index (κ3) is 4.81. The van der Waals surface area contributed by atoms with Gasteiger partial charge in [0.2, 0.25) is 0 Å². The lowest BCUT2D eigenvalue weighted by Gasteiger charge is -2.06. The van der Waals surface area contributed by atoms with E-state index in [1.165, 1.54) is 13.0 Å². The highest BCUT2D eigenvalue weighted by Gasteiger charge is 2.12. The summed E-state index contributed by atoms with van der Waals surface area (Å²) in [5, 5.41) is 12.5. The maximum absolute atomic E-state index is 12.4. The van der Waals surface area contributed by atoms with E-state index in [4.69, 9.17) is 16.0 Å². The van der Waals surface area contributed by atoms with E-state index in [0.29, 0.717) is 27.8 Å². The fourth-order valence-corrected chi connectivity index (χ4v) is 2.80. The lowest BCUT2D eigenvalue weighted by Crippen LogP contribution is -2.13. The maximum Gasteiger partial charge on any atom is 0.266 e. The number of anilines is 1. The molecular formula is C23H17ClN2O3. The van der Waals surface area contributed by atoms with Crippen LogP contribution in [-0.4, -0.2) is 11.7 Å². The third-order valence-corrected chi connectivity index (χ3v) is 4.69. The first-order valence-corrected chi connectivity index (χ1v) is 9.15. The normalized spacial score (nSPS) is 11.0. The van der Waals surface area contributed by atoms with Crippen LogP contribution in [0.15, 0.2) is 64.6 Å². The van der Waals surface area contributed by atoms with E-state index in [2.05, 4.69) is 5.32 Å². The Morgan fingerprint density at radius 3 is 2.45 bits per heavy atom. The number of Topliss-reactive ketones (excluding diaryl/α,β-unsaturated/α-hetero) is 1. The van der Waals surface area contributed by atoms with Gasteiger partial charge in [-0.3, -0.25) is 9.59 Å². The smallest absolute Gasteiger partial charge is 0.266 e. The molecule has 3 rings (SSSR count). The van der Waals surface area contributed by atoms with Crippen LogP contribution in [0.2, 0.25) is 5.02 Å². The summed E-state index contributed by atoms with van der Waals surface area (Å²) in [4.78, 5) is 23.8. The molecule has 0 aliphatic heterocycles. The molecule has 5 nitrogen and oxygen atoms in total. The Bertz CT molecular complexity index is 1150. The number of nitrogens with one attached hydrogen (secondary N) is 1. The molecule has 0 atom stereocenters. The molecule has 1 heterocycles. The zero-order chi connectivity index (χ0) is 21.0. The first-order valence-electron chi connectivity index (χ1n) is 8.78. The van der Waals surface area contributed by atoms with Gasteiger partial charge in [-0.15, -0.1) is 0 Å². The summed E-state index contributed by atoms with van der Waals surface area (Å²) in [6, 6.07) is 17.4. The molecule has 0 bridgehead atoms. The van der Waals surface area contributed by atoms with Crippen molar-refractivity contribution in [3.8, 4) is 17.4 Å².